The Hall–Kier alpha value is -3.23. The van der Waals surface area contributed by atoms with Gasteiger partial charge < -0.3 is 15.9 Å². The standard InChI is InChI=1S/C14H14FN5O3/c1-8(13(16)21)19-11-6-9(15)2-3-12(11)23-20-14(22)10-4-5-17-7-18-10/h2-8,19H,1H3,(H2,16,21)(H,20,22)/t8-/m0/s1. The van der Waals surface area contributed by atoms with Gasteiger partial charge in [-0.15, -0.1) is 0 Å². The first-order valence-corrected chi connectivity index (χ1v) is 6.56. The van der Waals surface area contributed by atoms with Crippen molar-refractivity contribution in [3.05, 3.63) is 48.3 Å². The van der Waals surface area contributed by atoms with E-state index >= 15 is 0 Å². The molecular weight excluding hydrogens is 305 g/mol. The minimum atomic E-state index is -0.753. The third kappa shape index (κ3) is 4.37. The van der Waals surface area contributed by atoms with Crippen LogP contribution in [0.1, 0.15) is 17.4 Å². The Balaban J connectivity index is 2.10. The fourth-order valence-electron chi connectivity index (χ4n) is 1.59. The Morgan fingerprint density at radius 1 is 1.35 bits per heavy atom. The fourth-order valence-corrected chi connectivity index (χ4v) is 1.59. The van der Waals surface area contributed by atoms with Crippen LogP contribution in [0.3, 0.4) is 0 Å². The molecule has 0 saturated carbocycles. The number of anilines is 1. The van der Waals surface area contributed by atoms with Gasteiger partial charge in [-0.3, -0.25) is 9.59 Å². The Kier molecular flexibility index (Phi) is 5.03. The second kappa shape index (κ2) is 7.16. The molecule has 0 unspecified atom stereocenters. The normalized spacial score (nSPS) is 11.4. The SMILES string of the molecule is C[C@H](Nc1cc(F)ccc1ONC(=O)c1ccncn1)C(N)=O. The summed E-state index contributed by atoms with van der Waals surface area (Å²) in [4.78, 5) is 35.5. The first-order valence-electron chi connectivity index (χ1n) is 6.56. The maximum Gasteiger partial charge on any atom is 0.302 e. The highest BCUT2D eigenvalue weighted by Crippen LogP contribution is 2.25. The van der Waals surface area contributed by atoms with Crippen LogP contribution in [-0.4, -0.2) is 27.8 Å². The molecule has 0 aliphatic carbocycles. The van der Waals surface area contributed by atoms with Crippen LogP contribution in [0.15, 0.2) is 36.8 Å². The number of hydrogen-bond donors (Lipinski definition) is 3. The van der Waals surface area contributed by atoms with E-state index in [0.29, 0.717) is 0 Å². The monoisotopic (exact) mass is 319 g/mol. The number of amides is 2. The third-order valence-electron chi connectivity index (χ3n) is 2.81. The maximum atomic E-state index is 13.3. The number of halogens is 1. The lowest BCUT2D eigenvalue weighted by molar-refractivity contribution is -0.118. The predicted molar refractivity (Wildman–Crippen MR) is 78.8 cm³/mol. The molecule has 0 aliphatic heterocycles. The molecule has 8 nitrogen and oxygen atoms in total. The second-order valence-electron chi connectivity index (χ2n) is 4.54. The zero-order chi connectivity index (χ0) is 16.8. The van der Waals surface area contributed by atoms with Crippen molar-refractivity contribution < 1.29 is 18.8 Å². The van der Waals surface area contributed by atoms with Crippen molar-refractivity contribution >= 4 is 17.5 Å². The molecule has 0 fully saturated rings. The molecule has 4 N–H and O–H groups in total. The molecule has 23 heavy (non-hydrogen) atoms. The molecule has 9 heteroatoms. The van der Waals surface area contributed by atoms with Crippen LogP contribution in [-0.2, 0) is 4.79 Å². The first kappa shape index (κ1) is 16.1. The van der Waals surface area contributed by atoms with Crippen LogP contribution < -0.4 is 21.4 Å². The summed E-state index contributed by atoms with van der Waals surface area (Å²) in [5, 5.41) is 2.70. The number of nitrogens with two attached hydrogens (primary N) is 1. The lowest BCUT2D eigenvalue weighted by Crippen LogP contribution is -2.33. The van der Waals surface area contributed by atoms with E-state index in [1.54, 1.807) is 0 Å². The van der Waals surface area contributed by atoms with Gasteiger partial charge in [0.2, 0.25) is 5.91 Å². The summed E-state index contributed by atoms with van der Waals surface area (Å²) in [7, 11) is 0. The van der Waals surface area contributed by atoms with Gasteiger partial charge in [0, 0.05) is 12.3 Å². The number of hydroxylamine groups is 1. The highest BCUT2D eigenvalue weighted by Gasteiger charge is 2.14. The number of rotatable bonds is 6. The topological polar surface area (TPSA) is 119 Å². The van der Waals surface area contributed by atoms with E-state index in [2.05, 4.69) is 20.8 Å². The average molecular weight is 319 g/mol. The molecule has 2 amide bonds. The van der Waals surface area contributed by atoms with Gasteiger partial charge in [0.25, 0.3) is 0 Å². The zero-order valence-electron chi connectivity index (χ0n) is 12.1. The van der Waals surface area contributed by atoms with E-state index in [-0.39, 0.29) is 17.1 Å². The molecule has 120 valence electrons. The number of carbonyl (C=O) groups excluding carboxylic acids is 2. The van der Waals surface area contributed by atoms with Crippen molar-refractivity contribution in [2.75, 3.05) is 5.32 Å². The Bertz CT molecular complexity index is 711. The highest BCUT2D eigenvalue weighted by molar-refractivity contribution is 5.91. The summed E-state index contributed by atoms with van der Waals surface area (Å²) in [5.41, 5.74) is 7.59. The molecule has 2 aromatic rings. The van der Waals surface area contributed by atoms with Gasteiger partial charge in [-0.25, -0.2) is 14.4 Å². The third-order valence-corrected chi connectivity index (χ3v) is 2.81. The minimum absolute atomic E-state index is 0.0992. The molecule has 1 heterocycles. The van der Waals surface area contributed by atoms with Crippen LogP contribution in [0.2, 0.25) is 0 Å². The molecule has 1 atom stereocenters. The zero-order valence-corrected chi connectivity index (χ0v) is 12.1. The van der Waals surface area contributed by atoms with E-state index in [1.165, 1.54) is 31.6 Å². The van der Waals surface area contributed by atoms with Gasteiger partial charge in [-0.1, -0.05) is 0 Å². The number of hydrogen-bond acceptors (Lipinski definition) is 6. The Morgan fingerprint density at radius 2 is 2.13 bits per heavy atom. The molecule has 1 aromatic heterocycles. The van der Waals surface area contributed by atoms with E-state index < -0.39 is 23.7 Å². The lowest BCUT2D eigenvalue weighted by atomic mass is 10.2. The summed E-state index contributed by atoms with van der Waals surface area (Å²) >= 11 is 0. The highest BCUT2D eigenvalue weighted by atomic mass is 19.1. The van der Waals surface area contributed by atoms with Gasteiger partial charge >= 0.3 is 5.91 Å². The molecule has 0 spiro atoms. The summed E-state index contributed by atoms with van der Waals surface area (Å²) in [6.45, 7) is 1.51. The molecule has 0 radical (unpaired) electrons. The fraction of sp³-hybridized carbons (Fsp3) is 0.143. The van der Waals surface area contributed by atoms with E-state index in [4.69, 9.17) is 10.6 Å². The number of primary amides is 1. The summed E-state index contributed by atoms with van der Waals surface area (Å²) in [6, 6.07) is 4.21. The van der Waals surface area contributed by atoms with Crippen LogP contribution in [0.25, 0.3) is 0 Å². The van der Waals surface area contributed by atoms with Crippen molar-refractivity contribution in [2.24, 2.45) is 5.73 Å². The molecular formula is C14H14FN5O3. The van der Waals surface area contributed by atoms with Crippen molar-refractivity contribution in [3.8, 4) is 5.75 Å². The summed E-state index contributed by atoms with van der Waals surface area (Å²) < 4.78 is 13.3. The van der Waals surface area contributed by atoms with Gasteiger partial charge in [-0.2, -0.15) is 5.48 Å². The van der Waals surface area contributed by atoms with Gasteiger partial charge in [0.05, 0.1) is 5.69 Å². The van der Waals surface area contributed by atoms with Crippen molar-refractivity contribution in [2.45, 2.75) is 13.0 Å². The van der Waals surface area contributed by atoms with Gasteiger partial charge in [0.15, 0.2) is 5.75 Å². The van der Waals surface area contributed by atoms with Crippen LogP contribution in [0.4, 0.5) is 10.1 Å². The van der Waals surface area contributed by atoms with Gasteiger partial charge in [-0.05, 0) is 25.1 Å². The maximum absolute atomic E-state index is 13.3. The summed E-state index contributed by atoms with van der Waals surface area (Å²) in [5.74, 6) is -1.66. The Labute approximate surface area is 130 Å². The average Bonchev–Trinajstić information content (AvgIpc) is 2.54. The minimum Gasteiger partial charge on any atom is -0.377 e. The molecule has 1 aromatic carbocycles. The summed E-state index contributed by atoms with van der Waals surface area (Å²) in [6.07, 6.45) is 2.62. The Morgan fingerprint density at radius 3 is 2.78 bits per heavy atom. The van der Waals surface area contributed by atoms with E-state index in [1.807, 2.05) is 0 Å². The number of benzene rings is 1. The predicted octanol–water partition coefficient (Wildman–Crippen LogP) is 0.625. The smallest absolute Gasteiger partial charge is 0.302 e. The lowest BCUT2D eigenvalue weighted by Gasteiger charge is -2.16. The number of aromatic nitrogens is 2. The van der Waals surface area contributed by atoms with Gasteiger partial charge in [0.1, 0.15) is 23.9 Å². The van der Waals surface area contributed by atoms with E-state index in [9.17, 15) is 14.0 Å². The largest absolute Gasteiger partial charge is 0.377 e. The van der Waals surface area contributed by atoms with Crippen molar-refractivity contribution in [1.29, 1.82) is 0 Å². The van der Waals surface area contributed by atoms with Crippen molar-refractivity contribution in [3.63, 3.8) is 0 Å². The first-order chi connectivity index (χ1) is 11.0. The number of nitrogens with zero attached hydrogens (tertiary/aromatic N) is 2. The van der Waals surface area contributed by atoms with Crippen LogP contribution in [0.5, 0.6) is 5.75 Å². The molecule has 2 rings (SSSR count). The van der Waals surface area contributed by atoms with Crippen LogP contribution >= 0.6 is 0 Å². The van der Waals surface area contributed by atoms with E-state index in [0.717, 1.165) is 12.1 Å². The number of carbonyl (C=O) groups is 2. The molecule has 0 aliphatic rings. The second-order valence-corrected chi connectivity index (χ2v) is 4.54. The molecule has 0 saturated heterocycles. The van der Waals surface area contributed by atoms with Crippen molar-refractivity contribution in [1.82, 2.24) is 15.4 Å². The number of nitrogens with one attached hydrogen (secondary N) is 2. The quantitative estimate of drug-likeness (QED) is 0.672. The van der Waals surface area contributed by atoms with Crippen LogP contribution in [0, 0.1) is 5.82 Å². The molecule has 0 bridgehead atoms.